The van der Waals surface area contributed by atoms with E-state index in [0.29, 0.717) is 19.2 Å². The molecule has 2 rings (SSSR count). The number of nitriles is 1. The van der Waals surface area contributed by atoms with Crippen molar-refractivity contribution in [2.45, 2.75) is 76.4 Å². The first-order valence-electron chi connectivity index (χ1n) is 9.19. The summed E-state index contributed by atoms with van der Waals surface area (Å²) in [4.78, 5) is 5.28. The maximum absolute atomic E-state index is 8.58. The van der Waals surface area contributed by atoms with E-state index in [1.165, 1.54) is 44.9 Å². The van der Waals surface area contributed by atoms with Crippen molar-refractivity contribution in [1.82, 2.24) is 11.0 Å². The SMILES string of the molecule is N#COC1CCC(CC2CCC(NNOCCCN)CC2)CC1. The summed E-state index contributed by atoms with van der Waals surface area (Å²) in [5.74, 6) is 1.70. The summed E-state index contributed by atoms with van der Waals surface area (Å²) in [6, 6.07) is 0.517. The van der Waals surface area contributed by atoms with Crippen LogP contribution < -0.4 is 16.7 Å². The summed E-state index contributed by atoms with van der Waals surface area (Å²) in [6.45, 7) is 1.31. The van der Waals surface area contributed by atoms with Gasteiger partial charge in [0.25, 0.3) is 6.26 Å². The van der Waals surface area contributed by atoms with Gasteiger partial charge in [0, 0.05) is 6.04 Å². The van der Waals surface area contributed by atoms with Crippen molar-refractivity contribution < 1.29 is 9.57 Å². The van der Waals surface area contributed by atoms with Gasteiger partial charge in [-0.3, -0.25) is 4.84 Å². The number of hydrazine groups is 1. The summed E-state index contributed by atoms with van der Waals surface area (Å²) in [5, 5.41) is 8.58. The standard InChI is InChI=1S/C17H32N4O2/c18-10-1-11-23-21-20-16-6-2-14(3-7-16)12-15-4-8-17(9-5-15)22-13-19/h14-17,20-21H,1-12,18H2. The van der Waals surface area contributed by atoms with Gasteiger partial charge in [-0.1, -0.05) is 0 Å². The maximum atomic E-state index is 8.58. The summed E-state index contributed by atoms with van der Waals surface area (Å²) in [7, 11) is 0. The van der Waals surface area contributed by atoms with Crippen LogP contribution in [0.5, 0.6) is 0 Å². The number of nitrogens with two attached hydrogens (primary N) is 1. The predicted molar refractivity (Wildman–Crippen MR) is 88.7 cm³/mol. The minimum atomic E-state index is 0.182. The van der Waals surface area contributed by atoms with Crippen LogP contribution in [0.15, 0.2) is 0 Å². The van der Waals surface area contributed by atoms with Crippen LogP contribution in [0.2, 0.25) is 0 Å². The van der Waals surface area contributed by atoms with Gasteiger partial charge in [0.15, 0.2) is 0 Å². The van der Waals surface area contributed by atoms with Crippen molar-refractivity contribution in [3.05, 3.63) is 0 Å². The van der Waals surface area contributed by atoms with E-state index in [-0.39, 0.29) is 6.10 Å². The molecule has 0 unspecified atom stereocenters. The molecule has 0 spiro atoms. The molecule has 4 N–H and O–H groups in total. The fourth-order valence-corrected chi connectivity index (χ4v) is 3.91. The van der Waals surface area contributed by atoms with Crippen molar-refractivity contribution in [3.63, 3.8) is 0 Å². The lowest BCUT2D eigenvalue weighted by Gasteiger charge is -2.33. The largest absolute Gasteiger partial charge is 0.424 e. The van der Waals surface area contributed by atoms with Crippen LogP contribution in [0, 0.1) is 23.4 Å². The minimum Gasteiger partial charge on any atom is -0.424 e. The summed E-state index contributed by atoms with van der Waals surface area (Å²) < 4.78 is 5.07. The Labute approximate surface area is 140 Å². The van der Waals surface area contributed by atoms with Crippen LogP contribution in [0.1, 0.15) is 64.2 Å². The van der Waals surface area contributed by atoms with Crippen molar-refractivity contribution in [1.29, 1.82) is 5.26 Å². The fourth-order valence-electron chi connectivity index (χ4n) is 3.91. The molecule has 132 valence electrons. The first-order chi connectivity index (χ1) is 11.3. The van der Waals surface area contributed by atoms with Crippen LogP contribution in [0.3, 0.4) is 0 Å². The molecule has 0 radical (unpaired) electrons. The number of rotatable bonds is 9. The highest BCUT2D eigenvalue weighted by Gasteiger charge is 2.27. The topological polar surface area (TPSA) is 92.3 Å². The van der Waals surface area contributed by atoms with Crippen molar-refractivity contribution in [2.24, 2.45) is 17.6 Å². The number of hydrogen-bond donors (Lipinski definition) is 3. The van der Waals surface area contributed by atoms with E-state index in [1.807, 2.05) is 6.26 Å². The molecule has 23 heavy (non-hydrogen) atoms. The molecule has 6 nitrogen and oxygen atoms in total. The molecule has 2 fully saturated rings. The monoisotopic (exact) mass is 324 g/mol. The highest BCUT2D eigenvalue weighted by atomic mass is 16.7. The van der Waals surface area contributed by atoms with E-state index in [4.69, 9.17) is 20.6 Å². The third-order valence-electron chi connectivity index (χ3n) is 5.31. The van der Waals surface area contributed by atoms with Crippen molar-refractivity contribution in [3.8, 4) is 6.26 Å². The van der Waals surface area contributed by atoms with E-state index >= 15 is 0 Å². The molecule has 2 aliphatic carbocycles. The van der Waals surface area contributed by atoms with Crippen LogP contribution in [-0.2, 0) is 9.57 Å². The van der Waals surface area contributed by atoms with E-state index < -0.39 is 0 Å². The van der Waals surface area contributed by atoms with E-state index in [1.54, 1.807) is 0 Å². The summed E-state index contributed by atoms with van der Waals surface area (Å²) >= 11 is 0. The van der Waals surface area contributed by atoms with Crippen LogP contribution in [0.4, 0.5) is 0 Å². The van der Waals surface area contributed by atoms with E-state index in [2.05, 4.69) is 11.0 Å². The number of nitrogens with one attached hydrogen (secondary N) is 2. The second kappa shape index (κ2) is 10.8. The van der Waals surface area contributed by atoms with Gasteiger partial charge in [-0.15, -0.1) is 5.59 Å². The number of nitrogens with zero attached hydrogens (tertiary/aromatic N) is 1. The molecule has 6 heteroatoms. The molecule has 0 aliphatic heterocycles. The van der Waals surface area contributed by atoms with Gasteiger partial charge in [-0.2, -0.15) is 5.26 Å². The Kier molecular flexibility index (Phi) is 8.69. The average molecular weight is 324 g/mol. The van der Waals surface area contributed by atoms with Gasteiger partial charge in [0.2, 0.25) is 0 Å². The van der Waals surface area contributed by atoms with Gasteiger partial charge in [-0.05, 0) is 82.6 Å². The molecule has 0 saturated heterocycles. The first kappa shape index (κ1) is 18.5. The normalized spacial score (nSPS) is 31.5. The second-order valence-electron chi connectivity index (χ2n) is 7.04. The smallest absolute Gasteiger partial charge is 0.286 e. The van der Waals surface area contributed by atoms with E-state index in [0.717, 1.165) is 31.1 Å². The first-order valence-corrected chi connectivity index (χ1v) is 9.19. The fraction of sp³-hybridized carbons (Fsp3) is 0.941. The summed E-state index contributed by atoms with van der Waals surface area (Å²) in [6.07, 6.45) is 13.8. The average Bonchev–Trinajstić information content (AvgIpc) is 2.58. The van der Waals surface area contributed by atoms with Gasteiger partial charge in [0.05, 0.1) is 6.61 Å². The molecule has 0 aromatic carbocycles. The lowest BCUT2D eigenvalue weighted by Crippen LogP contribution is -2.43. The predicted octanol–water partition coefficient (Wildman–Crippen LogP) is 2.37. The third-order valence-corrected chi connectivity index (χ3v) is 5.31. The Morgan fingerprint density at radius 2 is 1.65 bits per heavy atom. The van der Waals surface area contributed by atoms with Crippen LogP contribution in [-0.4, -0.2) is 25.3 Å². The maximum Gasteiger partial charge on any atom is 0.286 e. The molecule has 0 aromatic heterocycles. The zero-order chi connectivity index (χ0) is 16.3. The number of hydrogen-bond acceptors (Lipinski definition) is 6. The molecular formula is C17H32N4O2. The lowest BCUT2D eigenvalue weighted by atomic mass is 9.76. The van der Waals surface area contributed by atoms with E-state index in [9.17, 15) is 0 Å². The molecule has 0 heterocycles. The second-order valence-corrected chi connectivity index (χ2v) is 7.04. The Morgan fingerprint density at radius 1 is 1.00 bits per heavy atom. The summed E-state index contributed by atoms with van der Waals surface area (Å²) in [5.41, 5.74) is 11.5. The zero-order valence-corrected chi connectivity index (χ0v) is 14.1. The van der Waals surface area contributed by atoms with Gasteiger partial charge in [0.1, 0.15) is 6.10 Å². The Bertz CT molecular complexity index is 345. The highest BCUT2D eigenvalue weighted by Crippen LogP contribution is 2.35. The number of ether oxygens (including phenoxy) is 1. The molecule has 0 bridgehead atoms. The molecule has 2 aliphatic rings. The minimum absolute atomic E-state index is 0.182. The van der Waals surface area contributed by atoms with Gasteiger partial charge < -0.3 is 10.5 Å². The Hall–Kier alpha value is -0.870. The Morgan fingerprint density at radius 3 is 2.26 bits per heavy atom. The Balaban J connectivity index is 1.52. The molecular weight excluding hydrogens is 292 g/mol. The lowest BCUT2D eigenvalue weighted by molar-refractivity contribution is -0.00378. The van der Waals surface area contributed by atoms with Crippen LogP contribution >= 0.6 is 0 Å². The highest BCUT2D eigenvalue weighted by molar-refractivity contribution is 4.81. The zero-order valence-electron chi connectivity index (χ0n) is 14.1. The van der Waals surface area contributed by atoms with Gasteiger partial charge >= 0.3 is 0 Å². The quantitative estimate of drug-likeness (QED) is 0.342. The molecule has 0 aromatic rings. The van der Waals surface area contributed by atoms with Gasteiger partial charge in [-0.25, -0.2) is 5.43 Å². The van der Waals surface area contributed by atoms with Crippen molar-refractivity contribution >= 4 is 0 Å². The third kappa shape index (κ3) is 7.05. The molecule has 0 amide bonds. The van der Waals surface area contributed by atoms with Crippen molar-refractivity contribution in [2.75, 3.05) is 13.2 Å². The van der Waals surface area contributed by atoms with Crippen LogP contribution in [0.25, 0.3) is 0 Å². The molecule has 2 saturated carbocycles. The molecule has 0 atom stereocenters.